The highest BCUT2D eigenvalue weighted by Crippen LogP contribution is 2.16. The van der Waals surface area contributed by atoms with E-state index in [0.29, 0.717) is 17.2 Å². The van der Waals surface area contributed by atoms with Crippen LogP contribution in [0.4, 0.5) is 0 Å². The SMILES string of the molecule is Cc1ccc(C)c(CC(=O)COc2ccc(Cl)cc2)c1. The van der Waals surface area contributed by atoms with Crippen LogP contribution in [-0.4, -0.2) is 12.4 Å². The van der Waals surface area contributed by atoms with Crippen LogP contribution >= 0.6 is 11.6 Å². The lowest BCUT2D eigenvalue weighted by Gasteiger charge is -2.08. The Hall–Kier alpha value is -1.80. The predicted molar refractivity (Wildman–Crippen MR) is 81.6 cm³/mol. The number of halogens is 1. The summed E-state index contributed by atoms with van der Waals surface area (Å²) in [6.45, 7) is 4.12. The Kier molecular flexibility index (Phi) is 4.80. The van der Waals surface area contributed by atoms with Gasteiger partial charge in [-0.25, -0.2) is 0 Å². The van der Waals surface area contributed by atoms with Crippen LogP contribution in [0.3, 0.4) is 0 Å². The third kappa shape index (κ3) is 4.10. The molecule has 0 aliphatic heterocycles. The van der Waals surface area contributed by atoms with Crippen molar-refractivity contribution in [2.75, 3.05) is 6.61 Å². The first-order valence-electron chi connectivity index (χ1n) is 6.51. The second kappa shape index (κ2) is 6.58. The van der Waals surface area contributed by atoms with Gasteiger partial charge in [0.2, 0.25) is 0 Å². The Morgan fingerprint density at radius 2 is 1.80 bits per heavy atom. The largest absolute Gasteiger partial charge is 0.486 e. The molecule has 0 aromatic heterocycles. The number of ketones is 1. The maximum absolute atomic E-state index is 12.0. The lowest BCUT2D eigenvalue weighted by atomic mass is 10.0. The first-order chi connectivity index (χ1) is 9.54. The molecule has 0 fully saturated rings. The van der Waals surface area contributed by atoms with Crippen molar-refractivity contribution in [1.29, 1.82) is 0 Å². The van der Waals surface area contributed by atoms with Crippen LogP contribution in [0, 0.1) is 13.8 Å². The minimum absolute atomic E-state index is 0.0636. The number of hydrogen-bond acceptors (Lipinski definition) is 2. The summed E-state index contributed by atoms with van der Waals surface area (Å²) < 4.78 is 5.46. The Morgan fingerprint density at radius 3 is 2.50 bits per heavy atom. The molecule has 0 atom stereocenters. The summed E-state index contributed by atoms with van der Waals surface area (Å²) >= 11 is 5.79. The van der Waals surface area contributed by atoms with Gasteiger partial charge in [-0.05, 0) is 49.2 Å². The first-order valence-corrected chi connectivity index (χ1v) is 6.88. The van der Waals surface area contributed by atoms with Gasteiger partial charge < -0.3 is 4.74 Å². The van der Waals surface area contributed by atoms with Crippen LogP contribution in [-0.2, 0) is 11.2 Å². The average Bonchev–Trinajstić information content (AvgIpc) is 2.42. The summed E-state index contributed by atoms with van der Waals surface area (Å²) in [6.07, 6.45) is 0.404. The quantitative estimate of drug-likeness (QED) is 0.826. The van der Waals surface area contributed by atoms with Gasteiger partial charge in [0.25, 0.3) is 0 Å². The molecule has 104 valence electrons. The third-order valence-electron chi connectivity index (χ3n) is 3.11. The molecule has 0 aliphatic rings. The molecule has 0 amide bonds. The molecule has 2 aromatic carbocycles. The van der Waals surface area contributed by atoms with E-state index in [9.17, 15) is 4.79 Å². The second-order valence-electron chi connectivity index (χ2n) is 4.89. The molecule has 0 saturated carbocycles. The van der Waals surface area contributed by atoms with Crippen molar-refractivity contribution in [2.45, 2.75) is 20.3 Å². The van der Waals surface area contributed by atoms with E-state index in [4.69, 9.17) is 16.3 Å². The van der Waals surface area contributed by atoms with Gasteiger partial charge in [0.1, 0.15) is 12.4 Å². The highest BCUT2D eigenvalue weighted by atomic mass is 35.5. The fraction of sp³-hybridized carbons (Fsp3) is 0.235. The lowest BCUT2D eigenvalue weighted by molar-refractivity contribution is -0.120. The highest BCUT2D eigenvalue weighted by molar-refractivity contribution is 6.30. The molecule has 0 unspecified atom stereocenters. The molecule has 0 saturated heterocycles. The molecule has 0 heterocycles. The van der Waals surface area contributed by atoms with Crippen molar-refractivity contribution in [3.05, 3.63) is 64.2 Å². The van der Waals surface area contributed by atoms with E-state index in [1.807, 2.05) is 26.0 Å². The Morgan fingerprint density at radius 1 is 1.10 bits per heavy atom. The van der Waals surface area contributed by atoms with Gasteiger partial charge in [-0.3, -0.25) is 4.79 Å². The number of carbonyl (C=O) groups excluding carboxylic acids is 1. The summed E-state index contributed by atoms with van der Waals surface area (Å²) in [5, 5.41) is 0.652. The Balaban J connectivity index is 1.92. The molecule has 20 heavy (non-hydrogen) atoms. The van der Waals surface area contributed by atoms with Crippen LogP contribution in [0.25, 0.3) is 0 Å². The molecule has 0 spiro atoms. The van der Waals surface area contributed by atoms with Gasteiger partial charge in [-0.1, -0.05) is 35.4 Å². The zero-order valence-corrected chi connectivity index (χ0v) is 12.4. The number of hydrogen-bond donors (Lipinski definition) is 0. The topological polar surface area (TPSA) is 26.3 Å². The number of Topliss-reactive ketones (excluding diaryl/α,β-unsaturated/α-hetero) is 1. The van der Waals surface area contributed by atoms with Gasteiger partial charge in [0.05, 0.1) is 0 Å². The molecule has 0 bridgehead atoms. The fourth-order valence-electron chi connectivity index (χ4n) is 1.95. The smallest absolute Gasteiger partial charge is 0.174 e. The summed E-state index contributed by atoms with van der Waals surface area (Å²) in [5.74, 6) is 0.720. The molecule has 2 rings (SSSR count). The van der Waals surface area contributed by atoms with Gasteiger partial charge in [0.15, 0.2) is 5.78 Å². The number of ether oxygens (including phenoxy) is 1. The summed E-state index contributed by atoms with van der Waals surface area (Å²) in [6, 6.07) is 13.1. The molecule has 2 aromatic rings. The van der Waals surface area contributed by atoms with Crippen molar-refractivity contribution in [3.63, 3.8) is 0 Å². The minimum atomic E-state index is 0.0636. The lowest BCUT2D eigenvalue weighted by Crippen LogP contribution is -2.14. The van der Waals surface area contributed by atoms with Crippen LogP contribution in [0.5, 0.6) is 5.75 Å². The van der Waals surface area contributed by atoms with Gasteiger partial charge in [0, 0.05) is 11.4 Å². The normalized spacial score (nSPS) is 10.3. The highest BCUT2D eigenvalue weighted by Gasteiger charge is 2.07. The number of rotatable bonds is 5. The van der Waals surface area contributed by atoms with Crippen molar-refractivity contribution < 1.29 is 9.53 Å². The standard InChI is InChI=1S/C17H17ClO2/c1-12-3-4-13(2)14(9-12)10-16(19)11-20-17-7-5-15(18)6-8-17/h3-9H,10-11H2,1-2H3. The third-order valence-corrected chi connectivity index (χ3v) is 3.36. The Labute approximate surface area is 124 Å². The monoisotopic (exact) mass is 288 g/mol. The zero-order chi connectivity index (χ0) is 14.5. The van der Waals surface area contributed by atoms with Crippen molar-refractivity contribution >= 4 is 17.4 Å². The van der Waals surface area contributed by atoms with E-state index in [1.165, 1.54) is 0 Å². The van der Waals surface area contributed by atoms with Crippen molar-refractivity contribution in [2.24, 2.45) is 0 Å². The van der Waals surface area contributed by atoms with E-state index < -0.39 is 0 Å². The van der Waals surface area contributed by atoms with Crippen LogP contribution < -0.4 is 4.74 Å². The molecule has 0 aliphatic carbocycles. The summed E-state index contributed by atoms with van der Waals surface area (Å²) in [5.41, 5.74) is 3.36. The van der Waals surface area contributed by atoms with E-state index >= 15 is 0 Å². The predicted octanol–water partition coefficient (Wildman–Crippen LogP) is 4.15. The maximum Gasteiger partial charge on any atom is 0.174 e. The van der Waals surface area contributed by atoms with E-state index in [1.54, 1.807) is 24.3 Å². The fourth-order valence-corrected chi connectivity index (χ4v) is 2.07. The van der Waals surface area contributed by atoms with E-state index in [0.717, 1.165) is 16.7 Å². The molecule has 3 heteroatoms. The minimum Gasteiger partial charge on any atom is -0.486 e. The van der Waals surface area contributed by atoms with Crippen LogP contribution in [0.2, 0.25) is 5.02 Å². The maximum atomic E-state index is 12.0. The second-order valence-corrected chi connectivity index (χ2v) is 5.32. The number of aryl methyl sites for hydroxylation is 2. The summed E-state index contributed by atoms with van der Waals surface area (Å²) in [4.78, 5) is 12.0. The van der Waals surface area contributed by atoms with Crippen LogP contribution in [0.15, 0.2) is 42.5 Å². The molecule has 2 nitrogen and oxygen atoms in total. The Bertz CT molecular complexity index is 603. The number of benzene rings is 2. The van der Waals surface area contributed by atoms with Crippen molar-refractivity contribution in [3.8, 4) is 5.75 Å². The average molecular weight is 289 g/mol. The summed E-state index contributed by atoms with van der Waals surface area (Å²) in [7, 11) is 0. The number of carbonyl (C=O) groups is 1. The van der Waals surface area contributed by atoms with Crippen LogP contribution in [0.1, 0.15) is 16.7 Å². The van der Waals surface area contributed by atoms with E-state index in [-0.39, 0.29) is 12.4 Å². The molecule has 0 radical (unpaired) electrons. The van der Waals surface area contributed by atoms with Gasteiger partial charge >= 0.3 is 0 Å². The van der Waals surface area contributed by atoms with E-state index in [2.05, 4.69) is 6.07 Å². The molecule has 0 N–H and O–H groups in total. The zero-order valence-electron chi connectivity index (χ0n) is 11.7. The first kappa shape index (κ1) is 14.6. The van der Waals surface area contributed by atoms with Crippen molar-refractivity contribution in [1.82, 2.24) is 0 Å². The molecular weight excluding hydrogens is 272 g/mol. The van der Waals surface area contributed by atoms with Gasteiger partial charge in [-0.15, -0.1) is 0 Å². The molecular formula is C17H17ClO2. The van der Waals surface area contributed by atoms with Gasteiger partial charge in [-0.2, -0.15) is 0 Å².